The van der Waals surface area contributed by atoms with Gasteiger partial charge in [-0.3, -0.25) is 0 Å². The van der Waals surface area contributed by atoms with E-state index in [4.69, 9.17) is 0 Å². The van der Waals surface area contributed by atoms with Crippen molar-refractivity contribution in [1.29, 1.82) is 0 Å². The van der Waals surface area contributed by atoms with Crippen LogP contribution in [0.3, 0.4) is 0 Å². The van der Waals surface area contributed by atoms with Crippen LogP contribution in [0.2, 0.25) is 0 Å². The minimum Gasteiger partial charge on any atom is -0.550 e. The molecule has 0 rings (SSSR count). The van der Waals surface area contributed by atoms with Crippen LogP contribution in [0, 0.1) is 0 Å². The van der Waals surface area contributed by atoms with E-state index in [2.05, 4.69) is 21.1 Å². The second kappa shape index (κ2) is 16.9. The van der Waals surface area contributed by atoms with Gasteiger partial charge in [-0.1, -0.05) is 83.5 Å². The maximum atomic E-state index is 10.3. The topological polar surface area (TPSA) is 40.1 Å². The molecule has 0 spiro atoms. The largest absolute Gasteiger partial charge is 0.550 e. The first-order chi connectivity index (χ1) is 11.9. The van der Waals surface area contributed by atoms with Crippen molar-refractivity contribution in [2.75, 3.05) is 27.7 Å². The smallest absolute Gasteiger partial charge is 0.0780 e. The summed E-state index contributed by atoms with van der Waals surface area (Å²) in [5, 5.41) is 10.3. The molecule has 0 atom stereocenters. The lowest BCUT2D eigenvalue weighted by atomic mass is 10.0. The monoisotopic (exact) mass is 355 g/mol. The van der Waals surface area contributed by atoms with Crippen LogP contribution in [0.15, 0.2) is 0 Å². The van der Waals surface area contributed by atoms with E-state index >= 15 is 0 Å². The molecular formula is C22H45NO2. The van der Waals surface area contributed by atoms with Gasteiger partial charge in [-0.2, -0.15) is 0 Å². The molecule has 3 heteroatoms. The summed E-state index contributed by atoms with van der Waals surface area (Å²) in [6.07, 6.45) is 21.3. The van der Waals surface area contributed by atoms with Gasteiger partial charge in [-0.05, 0) is 25.7 Å². The summed E-state index contributed by atoms with van der Waals surface area (Å²) in [5.74, 6) is -0.903. The van der Waals surface area contributed by atoms with Crippen LogP contribution >= 0.6 is 0 Å². The van der Waals surface area contributed by atoms with Gasteiger partial charge in [0.05, 0.1) is 27.7 Å². The predicted molar refractivity (Wildman–Crippen MR) is 106 cm³/mol. The number of aliphatic carboxylic acids is 1. The molecular weight excluding hydrogens is 310 g/mol. The van der Waals surface area contributed by atoms with E-state index < -0.39 is 5.97 Å². The van der Waals surface area contributed by atoms with Gasteiger partial charge >= 0.3 is 0 Å². The van der Waals surface area contributed by atoms with Crippen LogP contribution in [0.5, 0.6) is 0 Å². The molecule has 25 heavy (non-hydrogen) atoms. The molecule has 0 amide bonds. The average molecular weight is 356 g/mol. The lowest BCUT2D eigenvalue weighted by Gasteiger charge is -2.23. The summed E-state index contributed by atoms with van der Waals surface area (Å²) in [7, 11) is 6.83. The zero-order valence-corrected chi connectivity index (χ0v) is 17.5. The Kier molecular flexibility index (Phi) is 16.5. The van der Waals surface area contributed by atoms with Crippen LogP contribution in [-0.4, -0.2) is 38.1 Å². The van der Waals surface area contributed by atoms with E-state index in [9.17, 15) is 9.90 Å². The van der Waals surface area contributed by atoms with Crippen molar-refractivity contribution in [3.63, 3.8) is 0 Å². The van der Waals surface area contributed by atoms with Gasteiger partial charge in [-0.25, -0.2) is 0 Å². The Morgan fingerprint density at radius 1 is 0.560 bits per heavy atom. The van der Waals surface area contributed by atoms with E-state index in [1.54, 1.807) is 0 Å². The maximum Gasteiger partial charge on any atom is 0.0780 e. The molecule has 0 radical (unpaired) electrons. The van der Waals surface area contributed by atoms with Crippen LogP contribution in [0.4, 0.5) is 0 Å². The fourth-order valence-corrected chi connectivity index (χ4v) is 3.33. The molecule has 0 saturated heterocycles. The number of carbonyl (C=O) groups excluding carboxylic acids is 1. The molecule has 0 aliphatic rings. The fraction of sp³-hybridized carbons (Fsp3) is 0.955. The van der Waals surface area contributed by atoms with Crippen LogP contribution in [0.25, 0.3) is 0 Å². The minimum absolute atomic E-state index is 0.232. The van der Waals surface area contributed by atoms with Gasteiger partial charge in [-0.15, -0.1) is 0 Å². The molecule has 0 unspecified atom stereocenters. The van der Waals surface area contributed by atoms with Crippen molar-refractivity contribution >= 4 is 5.97 Å². The molecule has 0 aromatic rings. The standard InChI is InChI=1S/C22H45NO2/c1-23(2,3)21-19-17-15-13-11-9-7-5-4-6-8-10-12-14-16-18-20-22(24)25/h4-21H2,1-3H3. The summed E-state index contributed by atoms with van der Waals surface area (Å²) in [6, 6.07) is 0. The summed E-state index contributed by atoms with van der Waals surface area (Å²) in [5.41, 5.74) is 0. The molecule has 0 aliphatic carbocycles. The number of quaternary nitrogens is 1. The van der Waals surface area contributed by atoms with Gasteiger partial charge in [0, 0.05) is 5.97 Å². The Balaban J connectivity index is 3.04. The van der Waals surface area contributed by atoms with Crippen molar-refractivity contribution in [3.05, 3.63) is 0 Å². The highest BCUT2D eigenvalue weighted by molar-refractivity contribution is 5.63. The van der Waals surface area contributed by atoms with Crippen molar-refractivity contribution in [1.82, 2.24) is 0 Å². The quantitative estimate of drug-likeness (QED) is 0.240. The summed E-state index contributed by atoms with van der Waals surface area (Å²) >= 11 is 0. The normalized spacial score (nSPS) is 11.8. The summed E-state index contributed by atoms with van der Waals surface area (Å²) in [6.45, 7) is 1.31. The van der Waals surface area contributed by atoms with Crippen LogP contribution in [0.1, 0.15) is 109 Å². The maximum absolute atomic E-state index is 10.3. The molecule has 0 aromatic heterocycles. The number of unbranched alkanes of at least 4 members (excludes halogenated alkanes) is 15. The molecule has 0 fully saturated rings. The number of hydrogen-bond donors (Lipinski definition) is 0. The van der Waals surface area contributed by atoms with E-state index in [1.807, 2.05) is 0 Å². The Hall–Kier alpha value is -0.570. The van der Waals surface area contributed by atoms with E-state index in [0.29, 0.717) is 0 Å². The molecule has 150 valence electrons. The average Bonchev–Trinajstić information content (AvgIpc) is 2.52. The second-order valence-electron chi connectivity index (χ2n) is 8.79. The first-order valence-electron chi connectivity index (χ1n) is 10.9. The molecule has 0 aliphatic heterocycles. The van der Waals surface area contributed by atoms with Gasteiger partial charge in [0.2, 0.25) is 0 Å². The highest BCUT2D eigenvalue weighted by atomic mass is 16.4. The number of nitrogens with zero attached hydrogens (tertiary/aromatic N) is 1. The highest BCUT2D eigenvalue weighted by Gasteiger charge is 2.04. The lowest BCUT2D eigenvalue weighted by molar-refractivity contribution is -0.870. The van der Waals surface area contributed by atoms with Crippen molar-refractivity contribution in [2.45, 2.75) is 109 Å². The molecule has 0 N–H and O–H groups in total. The molecule has 0 saturated carbocycles. The third-order valence-corrected chi connectivity index (χ3v) is 4.96. The lowest BCUT2D eigenvalue weighted by Crippen LogP contribution is -2.35. The van der Waals surface area contributed by atoms with E-state index in [0.717, 1.165) is 17.3 Å². The van der Waals surface area contributed by atoms with Gasteiger partial charge in [0.1, 0.15) is 0 Å². The van der Waals surface area contributed by atoms with Crippen molar-refractivity contribution in [3.8, 4) is 0 Å². The predicted octanol–water partition coefficient (Wildman–Crippen LogP) is 5.07. The van der Waals surface area contributed by atoms with Gasteiger partial charge < -0.3 is 14.4 Å². The number of carbonyl (C=O) groups is 1. The SMILES string of the molecule is C[N+](C)(C)CCCCCCCCCCCCCCCCCCC(=O)[O-]. The number of carboxylic acids is 1. The molecule has 0 aromatic carbocycles. The second-order valence-corrected chi connectivity index (χ2v) is 8.79. The van der Waals surface area contributed by atoms with Crippen molar-refractivity contribution < 1.29 is 14.4 Å². The Labute approximate surface area is 157 Å². The van der Waals surface area contributed by atoms with E-state index in [1.165, 1.54) is 96.4 Å². The third kappa shape index (κ3) is 23.4. The number of rotatable bonds is 19. The van der Waals surface area contributed by atoms with E-state index in [-0.39, 0.29) is 6.42 Å². The van der Waals surface area contributed by atoms with Gasteiger partial charge in [0.15, 0.2) is 0 Å². The number of hydrogen-bond acceptors (Lipinski definition) is 2. The van der Waals surface area contributed by atoms with Gasteiger partial charge in [0.25, 0.3) is 0 Å². The Morgan fingerprint density at radius 2 is 0.840 bits per heavy atom. The zero-order valence-electron chi connectivity index (χ0n) is 17.5. The number of carboxylic acid groups (broad SMARTS) is 1. The molecule has 0 heterocycles. The zero-order chi connectivity index (χ0) is 18.8. The van der Waals surface area contributed by atoms with Crippen molar-refractivity contribution in [2.24, 2.45) is 0 Å². The minimum atomic E-state index is -0.903. The molecule has 3 nitrogen and oxygen atoms in total. The first kappa shape index (κ1) is 24.4. The summed E-state index contributed by atoms with van der Waals surface area (Å²) in [4.78, 5) is 10.3. The summed E-state index contributed by atoms with van der Waals surface area (Å²) < 4.78 is 1.10. The Morgan fingerprint density at radius 3 is 1.12 bits per heavy atom. The van der Waals surface area contributed by atoms with Crippen LogP contribution < -0.4 is 5.11 Å². The molecule has 0 bridgehead atoms. The first-order valence-corrected chi connectivity index (χ1v) is 10.9. The highest BCUT2D eigenvalue weighted by Crippen LogP contribution is 2.14. The van der Waals surface area contributed by atoms with Crippen LogP contribution in [-0.2, 0) is 4.79 Å². The Bertz CT molecular complexity index is 297. The third-order valence-electron chi connectivity index (χ3n) is 4.96. The fourth-order valence-electron chi connectivity index (χ4n) is 3.33.